The molecule has 1 aromatic carbocycles. The molecule has 0 radical (unpaired) electrons. The van der Waals surface area contributed by atoms with Crippen molar-refractivity contribution >= 4 is 22.8 Å². The molecule has 1 aromatic heterocycles. The van der Waals surface area contributed by atoms with E-state index in [1.165, 1.54) is 4.88 Å². The highest BCUT2D eigenvalue weighted by atomic mass is 32.1. The summed E-state index contributed by atoms with van der Waals surface area (Å²) < 4.78 is 0. The van der Waals surface area contributed by atoms with Crippen LogP contribution in [-0.2, 0) is 6.54 Å². The van der Waals surface area contributed by atoms with Gasteiger partial charge < -0.3 is 5.32 Å². The van der Waals surface area contributed by atoms with Gasteiger partial charge in [-0.05, 0) is 30.7 Å². The van der Waals surface area contributed by atoms with Crippen LogP contribution in [0.15, 0.2) is 30.3 Å². The van der Waals surface area contributed by atoms with E-state index < -0.39 is 0 Å². The first-order valence-electron chi connectivity index (χ1n) is 5.22. The molecule has 0 atom stereocenters. The second-order valence-electron chi connectivity index (χ2n) is 3.94. The van der Waals surface area contributed by atoms with Gasteiger partial charge in [0.15, 0.2) is 0 Å². The number of carbonyl (C=O) groups excluding carboxylic acids is 1. The van der Waals surface area contributed by atoms with Gasteiger partial charge in [0, 0.05) is 22.7 Å². The highest BCUT2D eigenvalue weighted by Gasteiger charge is 2.22. The van der Waals surface area contributed by atoms with Gasteiger partial charge in [0.25, 0.3) is 0 Å². The van der Waals surface area contributed by atoms with Crippen LogP contribution < -0.4 is 5.32 Å². The summed E-state index contributed by atoms with van der Waals surface area (Å²) in [7, 11) is 0. The number of anilines is 1. The zero-order chi connectivity index (χ0) is 11.1. The minimum absolute atomic E-state index is 0.147. The Labute approximate surface area is 97.9 Å². The summed E-state index contributed by atoms with van der Waals surface area (Å²) in [5.41, 5.74) is 2.83. The number of ketones is 1. The molecule has 16 heavy (non-hydrogen) atoms. The van der Waals surface area contributed by atoms with Crippen molar-refractivity contribution in [1.29, 1.82) is 0 Å². The van der Waals surface area contributed by atoms with Gasteiger partial charge in [-0.25, -0.2) is 0 Å². The van der Waals surface area contributed by atoms with Crippen molar-refractivity contribution < 1.29 is 4.79 Å². The van der Waals surface area contributed by atoms with Gasteiger partial charge in [0.05, 0.1) is 4.88 Å². The molecule has 0 amide bonds. The molecular formula is C13H11NOS. The smallest absolute Gasteiger partial charge is 0.205 e. The molecule has 0 fully saturated rings. The summed E-state index contributed by atoms with van der Waals surface area (Å²) >= 11 is 1.59. The Balaban J connectivity index is 2.21. The van der Waals surface area contributed by atoms with Crippen LogP contribution in [0.4, 0.5) is 5.69 Å². The fourth-order valence-corrected chi connectivity index (χ4v) is 3.03. The van der Waals surface area contributed by atoms with E-state index in [-0.39, 0.29) is 5.78 Å². The Morgan fingerprint density at radius 1 is 1.31 bits per heavy atom. The Bertz CT molecular complexity index is 571. The monoisotopic (exact) mass is 229 g/mol. The van der Waals surface area contributed by atoms with E-state index in [1.54, 1.807) is 11.3 Å². The summed E-state index contributed by atoms with van der Waals surface area (Å²) in [5.74, 6) is 0.147. The van der Waals surface area contributed by atoms with Crippen LogP contribution in [0.25, 0.3) is 0 Å². The summed E-state index contributed by atoms with van der Waals surface area (Å²) in [6.07, 6.45) is 0. The molecule has 3 rings (SSSR count). The van der Waals surface area contributed by atoms with Crippen molar-refractivity contribution in [2.24, 2.45) is 0 Å². The second-order valence-corrected chi connectivity index (χ2v) is 5.20. The molecular weight excluding hydrogens is 218 g/mol. The Morgan fingerprint density at radius 3 is 3.00 bits per heavy atom. The van der Waals surface area contributed by atoms with Crippen LogP contribution in [0, 0.1) is 6.92 Å². The maximum absolute atomic E-state index is 12.3. The zero-order valence-corrected chi connectivity index (χ0v) is 9.73. The highest BCUT2D eigenvalue weighted by molar-refractivity contribution is 7.14. The predicted molar refractivity (Wildman–Crippen MR) is 66.3 cm³/mol. The normalized spacial score (nSPS) is 13.7. The minimum Gasteiger partial charge on any atom is -0.380 e. The lowest BCUT2D eigenvalue weighted by atomic mass is 10.1. The number of benzene rings is 1. The Kier molecular flexibility index (Phi) is 2.07. The molecule has 0 aliphatic carbocycles. The first-order valence-corrected chi connectivity index (χ1v) is 6.04. The summed E-state index contributed by atoms with van der Waals surface area (Å²) in [6, 6.07) is 9.79. The molecule has 2 aromatic rings. The lowest BCUT2D eigenvalue weighted by Crippen LogP contribution is -1.99. The number of para-hydroxylation sites is 1. The van der Waals surface area contributed by atoms with E-state index >= 15 is 0 Å². The summed E-state index contributed by atoms with van der Waals surface area (Å²) in [4.78, 5) is 14.4. The first kappa shape index (κ1) is 9.60. The molecule has 0 spiro atoms. The molecule has 2 nitrogen and oxygen atoms in total. The second kappa shape index (κ2) is 3.46. The SMILES string of the molecule is Cc1cc2c(s1)C(=O)c1ccccc1NC2. The molecule has 1 aliphatic heterocycles. The maximum atomic E-state index is 12.3. The third-order valence-electron chi connectivity index (χ3n) is 2.78. The number of hydrogen-bond donors (Lipinski definition) is 1. The van der Waals surface area contributed by atoms with Crippen molar-refractivity contribution in [3.8, 4) is 0 Å². The van der Waals surface area contributed by atoms with E-state index in [9.17, 15) is 4.79 Å². The van der Waals surface area contributed by atoms with Crippen LogP contribution in [-0.4, -0.2) is 5.78 Å². The molecule has 1 N–H and O–H groups in total. The number of fused-ring (bicyclic) bond motifs is 2. The number of aryl methyl sites for hydroxylation is 1. The number of hydrogen-bond acceptors (Lipinski definition) is 3. The maximum Gasteiger partial charge on any atom is 0.205 e. The average molecular weight is 229 g/mol. The zero-order valence-electron chi connectivity index (χ0n) is 8.91. The minimum atomic E-state index is 0.147. The topological polar surface area (TPSA) is 29.1 Å². The largest absolute Gasteiger partial charge is 0.380 e. The fourth-order valence-electron chi connectivity index (χ4n) is 2.04. The Morgan fingerprint density at radius 2 is 2.12 bits per heavy atom. The molecule has 3 heteroatoms. The van der Waals surface area contributed by atoms with Gasteiger partial charge in [-0.1, -0.05) is 12.1 Å². The molecule has 80 valence electrons. The lowest BCUT2D eigenvalue weighted by molar-refractivity contribution is 0.104. The van der Waals surface area contributed by atoms with E-state index in [0.717, 1.165) is 28.2 Å². The van der Waals surface area contributed by atoms with Gasteiger partial charge in [-0.3, -0.25) is 4.79 Å². The van der Waals surface area contributed by atoms with Gasteiger partial charge in [-0.15, -0.1) is 11.3 Å². The van der Waals surface area contributed by atoms with Crippen molar-refractivity contribution in [2.45, 2.75) is 13.5 Å². The van der Waals surface area contributed by atoms with Crippen LogP contribution in [0.1, 0.15) is 25.7 Å². The van der Waals surface area contributed by atoms with Gasteiger partial charge in [0.1, 0.15) is 0 Å². The lowest BCUT2D eigenvalue weighted by Gasteiger charge is -2.05. The van der Waals surface area contributed by atoms with Crippen molar-refractivity contribution in [3.63, 3.8) is 0 Å². The number of thiophene rings is 1. The number of nitrogens with one attached hydrogen (secondary N) is 1. The van der Waals surface area contributed by atoms with Crippen LogP contribution in [0.3, 0.4) is 0 Å². The standard InChI is InChI=1S/C13H11NOS/c1-8-6-9-7-14-11-5-3-2-4-10(11)12(15)13(9)16-8/h2-6,14H,7H2,1H3. The molecule has 2 heterocycles. The summed E-state index contributed by atoms with van der Waals surface area (Å²) in [5, 5.41) is 3.31. The Hall–Kier alpha value is -1.61. The van der Waals surface area contributed by atoms with E-state index in [2.05, 4.69) is 11.4 Å². The van der Waals surface area contributed by atoms with E-state index in [1.807, 2.05) is 31.2 Å². The van der Waals surface area contributed by atoms with Gasteiger partial charge in [-0.2, -0.15) is 0 Å². The van der Waals surface area contributed by atoms with Gasteiger partial charge in [0.2, 0.25) is 5.78 Å². The van der Waals surface area contributed by atoms with Gasteiger partial charge >= 0.3 is 0 Å². The van der Waals surface area contributed by atoms with E-state index in [4.69, 9.17) is 0 Å². The van der Waals surface area contributed by atoms with Crippen LogP contribution in [0.2, 0.25) is 0 Å². The van der Waals surface area contributed by atoms with E-state index in [0.29, 0.717) is 0 Å². The number of carbonyl (C=O) groups is 1. The summed E-state index contributed by atoms with van der Waals surface area (Å²) in [6.45, 7) is 2.78. The van der Waals surface area contributed by atoms with Crippen molar-refractivity contribution in [1.82, 2.24) is 0 Å². The van der Waals surface area contributed by atoms with Crippen LogP contribution >= 0.6 is 11.3 Å². The fraction of sp³-hybridized carbons (Fsp3) is 0.154. The van der Waals surface area contributed by atoms with Crippen molar-refractivity contribution in [3.05, 3.63) is 51.2 Å². The van der Waals surface area contributed by atoms with Crippen LogP contribution in [0.5, 0.6) is 0 Å². The van der Waals surface area contributed by atoms with Crippen molar-refractivity contribution in [2.75, 3.05) is 5.32 Å². The molecule has 0 bridgehead atoms. The first-order chi connectivity index (χ1) is 7.75. The molecule has 0 saturated carbocycles. The molecule has 1 aliphatic rings. The average Bonchev–Trinajstić information content (AvgIpc) is 2.62. The molecule has 0 unspecified atom stereocenters. The quantitative estimate of drug-likeness (QED) is 0.751. The number of rotatable bonds is 0. The highest BCUT2D eigenvalue weighted by Crippen LogP contribution is 2.31. The molecule has 0 saturated heterocycles. The third-order valence-corrected chi connectivity index (χ3v) is 3.87. The third kappa shape index (κ3) is 1.36. The predicted octanol–water partition coefficient (Wildman–Crippen LogP) is 3.21.